The molecule has 0 radical (unpaired) electrons. The minimum absolute atomic E-state index is 0.0268. The molecule has 5 rings (SSSR count). The summed E-state index contributed by atoms with van der Waals surface area (Å²) < 4.78 is 5.79. The third-order valence-corrected chi connectivity index (χ3v) is 6.73. The minimum Gasteiger partial charge on any atom is -0.441 e. The van der Waals surface area contributed by atoms with Crippen LogP contribution in [0.25, 0.3) is 11.4 Å². The first kappa shape index (κ1) is 19.7. The molecule has 0 bridgehead atoms. The molecule has 3 aromatic rings. The summed E-state index contributed by atoms with van der Waals surface area (Å²) in [4.78, 5) is 35.7. The molecule has 0 atom stereocenters. The van der Waals surface area contributed by atoms with E-state index in [-0.39, 0.29) is 17.9 Å². The van der Waals surface area contributed by atoms with Crippen LogP contribution in [0.15, 0.2) is 60.1 Å². The van der Waals surface area contributed by atoms with Crippen molar-refractivity contribution in [3.8, 4) is 11.4 Å². The van der Waals surface area contributed by atoms with Crippen molar-refractivity contribution < 1.29 is 14.3 Å². The maximum atomic E-state index is 12.8. The Morgan fingerprint density at radius 3 is 2.61 bits per heavy atom. The van der Waals surface area contributed by atoms with Gasteiger partial charge in [-0.3, -0.25) is 14.7 Å². The van der Waals surface area contributed by atoms with Crippen molar-refractivity contribution in [2.45, 2.75) is 31.3 Å². The Hall–Kier alpha value is -3.26. The van der Waals surface area contributed by atoms with Crippen LogP contribution in [-0.2, 0) is 9.53 Å². The number of hydrogen-bond donors (Lipinski definition) is 1. The molecule has 158 valence electrons. The summed E-state index contributed by atoms with van der Waals surface area (Å²) in [5.41, 5.74) is 1.88. The molecule has 7 nitrogen and oxygen atoms in total. The fraction of sp³-hybridized carbons (Fsp3) is 0.304. The predicted molar refractivity (Wildman–Crippen MR) is 119 cm³/mol. The number of carbonyl (C=O) groups excluding carboxylic acids is 2. The van der Waals surface area contributed by atoms with Crippen molar-refractivity contribution in [2.75, 3.05) is 16.8 Å². The fourth-order valence-corrected chi connectivity index (χ4v) is 4.97. The van der Waals surface area contributed by atoms with Crippen molar-refractivity contribution in [3.05, 3.63) is 60.1 Å². The van der Waals surface area contributed by atoms with Crippen LogP contribution in [0.5, 0.6) is 0 Å². The Morgan fingerprint density at radius 2 is 1.87 bits per heavy atom. The summed E-state index contributed by atoms with van der Waals surface area (Å²) in [7, 11) is 0. The number of ether oxygens (including phenoxy) is 1. The number of nitrogens with one attached hydrogen (secondary N) is 1. The molecule has 1 N–H and O–H groups in total. The fourth-order valence-electron chi connectivity index (χ4n) is 4.27. The van der Waals surface area contributed by atoms with E-state index < -0.39 is 5.60 Å². The van der Waals surface area contributed by atoms with Gasteiger partial charge in [0.15, 0.2) is 5.13 Å². The standard InChI is InChI=1S/C23H22N4O3S/c28-20(26-21-25-19(14-31-21)18-8-4-5-13-24-18)16-9-11-23(12-10-16)15-27(22(29)30-23)17-6-2-1-3-7-17/h1-8,13-14,16H,9-12,15H2,(H,25,26,28). The first-order valence-electron chi connectivity index (χ1n) is 10.4. The van der Waals surface area contributed by atoms with Gasteiger partial charge in [0.2, 0.25) is 5.91 Å². The zero-order valence-corrected chi connectivity index (χ0v) is 17.7. The van der Waals surface area contributed by atoms with E-state index in [0.717, 1.165) is 17.1 Å². The van der Waals surface area contributed by atoms with Crippen LogP contribution >= 0.6 is 11.3 Å². The number of anilines is 2. The van der Waals surface area contributed by atoms with Crippen LogP contribution in [0, 0.1) is 5.92 Å². The summed E-state index contributed by atoms with van der Waals surface area (Å²) in [6.07, 6.45) is 4.13. The maximum Gasteiger partial charge on any atom is 0.415 e. The largest absolute Gasteiger partial charge is 0.441 e. The Balaban J connectivity index is 1.19. The highest BCUT2D eigenvalue weighted by Gasteiger charge is 2.48. The maximum absolute atomic E-state index is 12.8. The van der Waals surface area contributed by atoms with Crippen LogP contribution < -0.4 is 10.2 Å². The molecule has 31 heavy (non-hydrogen) atoms. The molecule has 2 amide bonds. The van der Waals surface area contributed by atoms with E-state index in [1.54, 1.807) is 11.1 Å². The highest BCUT2D eigenvalue weighted by atomic mass is 32.1. The van der Waals surface area contributed by atoms with Crippen molar-refractivity contribution >= 4 is 34.2 Å². The molecule has 1 spiro atoms. The van der Waals surface area contributed by atoms with Gasteiger partial charge in [-0.05, 0) is 49.9 Å². The van der Waals surface area contributed by atoms with Crippen molar-refractivity contribution in [1.29, 1.82) is 0 Å². The summed E-state index contributed by atoms with van der Waals surface area (Å²) in [5, 5.41) is 5.42. The second-order valence-corrected chi connectivity index (χ2v) is 8.85. The van der Waals surface area contributed by atoms with Gasteiger partial charge in [0.25, 0.3) is 0 Å². The van der Waals surface area contributed by atoms with Gasteiger partial charge < -0.3 is 10.1 Å². The van der Waals surface area contributed by atoms with Crippen molar-refractivity contribution in [3.63, 3.8) is 0 Å². The molecule has 0 unspecified atom stereocenters. The second-order valence-electron chi connectivity index (χ2n) is 7.99. The minimum atomic E-state index is -0.503. The van der Waals surface area contributed by atoms with Crippen LogP contribution in [0.4, 0.5) is 15.6 Å². The van der Waals surface area contributed by atoms with E-state index in [1.807, 2.05) is 53.9 Å². The zero-order chi connectivity index (χ0) is 21.3. The Bertz CT molecular complexity index is 1080. The zero-order valence-electron chi connectivity index (χ0n) is 16.9. The average Bonchev–Trinajstić information content (AvgIpc) is 3.40. The van der Waals surface area contributed by atoms with E-state index >= 15 is 0 Å². The quantitative estimate of drug-likeness (QED) is 0.642. The van der Waals surface area contributed by atoms with Gasteiger partial charge in [0, 0.05) is 23.2 Å². The number of rotatable bonds is 4. The number of nitrogens with zero attached hydrogens (tertiary/aromatic N) is 3. The molecule has 2 aromatic heterocycles. The third kappa shape index (κ3) is 4.03. The van der Waals surface area contributed by atoms with Crippen LogP contribution in [0.3, 0.4) is 0 Å². The van der Waals surface area contributed by atoms with Gasteiger partial charge >= 0.3 is 6.09 Å². The number of para-hydroxylation sites is 1. The molecule has 1 saturated heterocycles. The van der Waals surface area contributed by atoms with E-state index in [2.05, 4.69) is 15.3 Å². The second kappa shape index (κ2) is 8.11. The molecule has 8 heteroatoms. The van der Waals surface area contributed by atoms with Gasteiger partial charge in [-0.25, -0.2) is 9.78 Å². The van der Waals surface area contributed by atoms with Gasteiger partial charge in [-0.15, -0.1) is 11.3 Å². The van der Waals surface area contributed by atoms with E-state index in [1.165, 1.54) is 11.3 Å². The van der Waals surface area contributed by atoms with E-state index in [9.17, 15) is 9.59 Å². The summed E-state index contributed by atoms with van der Waals surface area (Å²) in [5.74, 6) is -0.140. The molecule has 1 aliphatic carbocycles. The summed E-state index contributed by atoms with van der Waals surface area (Å²) in [6, 6.07) is 15.2. The molecule has 2 aliphatic rings. The predicted octanol–water partition coefficient (Wildman–Crippen LogP) is 4.73. The van der Waals surface area contributed by atoms with Crippen LogP contribution in [0.1, 0.15) is 25.7 Å². The number of hydrogen-bond acceptors (Lipinski definition) is 6. The molecule has 2 fully saturated rings. The number of benzene rings is 1. The Labute approximate surface area is 184 Å². The first-order valence-corrected chi connectivity index (χ1v) is 11.2. The highest BCUT2D eigenvalue weighted by Crippen LogP contribution is 2.41. The van der Waals surface area contributed by atoms with Gasteiger partial charge in [0.1, 0.15) is 11.3 Å². The average molecular weight is 435 g/mol. The lowest BCUT2D eigenvalue weighted by atomic mass is 9.78. The van der Waals surface area contributed by atoms with Gasteiger partial charge in [-0.1, -0.05) is 24.3 Å². The molecular formula is C23H22N4O3S. The smallest absolute Gasteiger partial charge is 0.415 e. The SMILES string of the molecule is O=C(Nc1nc(-c2ccccn2)cs1)C1CCC2(CC1)CN(c1ccccc1)C(=O)O2. The van der Waals surface area contributed by atoms with E-state index in [0.29, 0.717) is 37.4 Å². The van der Waals surface area contributed by atoms with Crippen LogP contribution in [-0.4, -0.2) is 34.1 Å². The highest BCUT2D eigenvalue weighted by molar-refractivity contribution is 7.14. The number of aromatic nitrogens is 2. The Morgan fingerprint density at radius 1 is 1.10 bits per heavy atom. The molecule has 3 heterocycles. The Kier molecular flexibility index (Phi) is 5.15. The lowest BCUT2D eigenvalue weighted by molar-refractivity contribution is -0.122. The topological polar surface area (TPSA) is 84.4 Å². The molecule has 1 saturated carbocycles. The lowest BCUT2D eigenvalue weighted by Gasteiger charge is -2.34. The number of amides is 2. The summed E-state index contributed by atoms with van der Waals surface area (Å²) in [6.45, 7) is 0.532. The van der Waals surface area contributed by atoms with Crippen LogP contribution in [0.2, 0.25) is 0 Å². The molecular weight excluding hydrogens is 412 g/mol. The van der Waals surface area contributed by atoms with Gasteiger partial charge in [-0.2, -0.15) is 0 Å². The third-order valence-electron chi connectivity index (χ3n) is 5.97. The normalized spacial score (nSPS) is 23.0. The first-order chi connectivity index (χ1) is 15.1. The number of pyridine rings is 1. The van der Waals surface area contributed by atoms with Gasteiger partial charge in [0.05, 0.1) is 12.2 Å². The summed E-state index contributed by atoms with van der Waals surface area (Å²) >= 11 is 1.39. The number of carbonyl (C=O) groups is 2. The van der Waals surface area contributed by atoms with E-state index in [4.69, 9.17) is 4.74 Å². The van der Waals surface area contributed by atoms with Crippen molar-refractivity contribution in [2.24, 2.45) is 5.92 Å². The molecule has 1 aromatic carbocycles. The lowest BCUT2D eigenvalue weighted by Crippen LogP contribution is -2.41. The monoisotopic (exact) mass is 434 g/mol. The van der Waals surface area contributed by atoms with Crippen molar-refractivity contribution in [1.82, 2.24) is 9.97 Å². The molecule has 1 aliphatic heterocycles. The number of thiazole rings is 1.